The lowest BCUT2D eigenvalue weighted by Gasteiger charge is -2.26. The lowest BCUT2D eigenvalue weighted by atomic mass is 10.1. The van der Waals surface area contributed by atoms with Gasteiger partial charge in [-0.15, -0.1) is 0 Å². The summed E-state index contributed by atoms with van der Waals surface area (Å²) in [5.41, 5.74) is 2.91. The zero-order valence-corrected chi connectivity index (χ0v) is 18.5. The molecule has 0 bridgehead atoms. The third-order valence-electron chi connectivity index (χ3n) is 4.99. The second kappa shape index (κ2) is 9.31. The van der Waals surface area contributed by atoms with E-state index in [1.54, 1.807) is 43.3 Å². The number of sulfonamides is 1. The molecule has 1 amide bonds. The molecule has 0 radical (unpaired) electrons. The molecule has 0 heterocycles. The Morgan fingerprint density at radius 2 is 1.65 bits per heavy atom. The maximum absolute atomic E-state index is 13.4. The first-order valence-corrected chi connectivity index (χ1v) is 11.3. The quantitative estimate of drug-likeness (QED) is 0.588. The minimum atomic E-state index is -3.97. The van der Waals surface area contributed by atoms with Gasteiger partial charge in [0.05, 0.1) is 16.6 Å². The number of aryl methyl sites for hydroxylation is 2. The van der Waals surface area contributed by atoms with Crippen molar-refractivity contribution < 1.29 is 17.6 Å². The van der Waals surface area contributed by atoms with Crippen molar-refractivity contribution in [1.29, 1.82) is 0 Å². The van der Waals surface area contributed by atoms with Crippen molar-refractivity contribution in [2.75, 3.05) is 10.8 Å². The molecule has 7 heteroatoms. The summed E-state index contributed by atoms with van der Waals surface area (Å²) in [5, 5.41) is 2.80. The van der Waals surface area contributed by atoms with Gasteiger partial charge in [-0.25, -0.2) is 12.8 Å². The van der Waals surface area contributed by atoms with Crippen LogP contribution in [-0.4, -0.2) is 20.9 Å². The molecule has 0 aliphatic heterocycles. The fraction of sp³-hybridized carbons (Fsp3) is 0.208. The first kappa shape index (κ1) is 22.5. The molecule has 0 aromatic heterocycles. The molecule has 0 saturated carbocycles. The third kappa shape index (κ3) is 5.30. The van der Waals surface area contributed by atoms with Crippen LogP contribution in [0, 0.1) is 19.7 Å². The zero-order valence-electron chi connectivity index (χ0n) is 17.7. The molecule has 31 heavy (non-hydrogen) atoms. The number of carbonyl (C=O) groups is 1. The number of carbonyl (C=O) groups excluding carboxylic acids is 1. The second-order valence-electron chi connectivity index (χ2n) is 7.46. The maximum atomic E-state index is 13.4. The summed E-state index contributed by atoms with van der Waals surface area (Å²) in [6.45, 7) is 5.11. The van der Waals surface area contributed by atoms with Crippen LogP contribution >= 0.6 is 0 Å². The SMILES string of the molecule is Cc1ccc(N(CC(=O)N[C@H](C)c2ccc(F)cc2)S(=O)(=O)c2ccccc2)c(C)c1. The third-order valence-corrected chi connectivity index (χ3v) is 6.76. The second-order valence-corrected chi connectivity index (χ2v) is 9.32. The van der Waals surface area contributed by atoms with Crippen molar-refractivity contribution in [3.8, 4) is 0 Å². The molecule has 162 valence electrons. The van der Waals surface area contributed by atoms with Crippen LogP contribution in [0.3, 0.4) is 0 Å². The van der Waals surface area contributed by atoms with Gasteiger partial charge in [-0.2, -0.15) is 0 Å². The number of hydrogen-bond acceptors (Lipinski definition) is 3. The van der Waals surface area contributed by atoms with Gasteiger partial charge in [0.25, 0.3) is 10.0 Å². The Bertz CT molecular complexity index is 1160. The van der Waals surface area contributed by atoms with E-state index in [4.69, 9.17) is 0 Å². The molecule has 0 saturated heterocycles. The molecule has 1 atom stereocenters. The molecule has 0 fully saturated rings. The highest BCUT2D eigenvalue weighted by molar-refractivity contribution is 7.92. The number of hydrogen-bond donors (Lipinski definition) is 1. The van der Waals surface area contributed by atoms with Crippen LogP contribution in [0.4, 0.5) is 10.1 Å². The van der Waals surface area contributed by atoms with Gasteiger partial charge in [0.15, 0.2) is 0 Å². The number of benzene rings is 3. The van der Waals surface area contributed by atoms with Crippen molar-refractivity contribution in [2.45, 2.75) is 31.7 Å². The first-order chi connectivity index (χ1) is 14.7. The monoisotopic (exact) mass is 440 g/mol. The molecule has 5 nitrogen and oxygen atoms in total. The van der Waals surface area contributed by atoms with E-state index in [0.29, 0.717) is 5.69 Å². The number of rotatable bonds is 7. The van der Waals surface area contributed by atoms with E-state index in [1.165, 1.54) is 24.3 Å². The molecular formula is C24H25FN2O3S. The highest BCUT2D eigenvalue weighted by Crippen LogP contribution is 2.27. The van der Waals surface area contributed by atoms with Crippen LogP contribution in [0.2, 0.25) is 0 Å². The Hall–Kier alpha value is -3.19. The lowest BCUT2D eigenvalue weighted by molar-refractivity contribution is -0.120. The van der Waals surface area contributed by atoms with Crippen LogP contribution in [0.1, 0.15) is 29.7 Å². The van der Waals surface area contributed by atoms with Gasteiger partial charge in [0.1, 0.15) is 12.4 Å². The number of nitrogens with one attached hydrogen (secondary N) is 1. The number of anilines is 1. The molecule has 0 aliphatic rings. The summed E-state index contributed by atoms with van der Waals surface area (Å²) in [6.07, 6.45) is 0. The zero-order chi connectivity index (χ0) is 22.6. The molecule has 0 aliphatic carbocycles. The molecule has 0 spiro atoms. The van der Waals surface area contributed by atoms with Gasteiger partial charge in [0, 0.05) is 0 Å². The normalized spacial score (nSPS) is 12.3. The molecule has 3 aromatic rings. The van der Waals surface area contributed by atoms with E-state index in [2.05, 4.69) is 5.32 Å². The van der Waals surface area contributed by atoms with Gasteiger partial charge in [-0.3, -0.25) is 9.10 Å². The summed E-state index contributed by atoms with van der Waals surface area (Å²) in [7, 11) is -3.97. The Balaban J connectivity index is 1.91. The Morgan fingerprint density at radius 1 is 1.00 bits per heavy atom. The number of halogens is 1. The van der Waals surface area contributed by atoms with Crippen molar-refractivity contribution in [3.63, 3.8) is 0 Å². The fourth-order valence-electron chi connectivity index (χ4n) is 3.36. The Kier molecular flexibility index (Phi) is 6.75. The molecule has 0 unspecified atom stereocenters. The number of nitrogens with zero attached hydrogens (tertiary/aromatic N) is 1. The van der Waals surface area contributed by atoms with E-state index in [9.17, 15) is 17.6 Å². The summed E-state index contributed by atoms with van der Waals surface area (Å²) >= 11 is 0. The highest BCUT2D eigenvalue weighted by Gasteiger charge is 2.28. The fourth-order valence-corrected chi connectivity index (χ4v) is 4.86. The predicted octanol–water partition coefficient (Wildman–Crippen LogP) is 4.52. The smallest absolute Gasteiger partial charge is 0.264 e. The van der Waals surface area contributed by atoms with Crippen LogP contribution in [0.15, 0.2) is 77.7 Å². The van der Waals surface area contributed by atoms with Gasteiger partial charge in [-0.05, 0) is 62.2 Å². The molecular weight excluding hydrogens is 415 g/mol. The number of amides is 1. The standard InChI is InChI=1S/C24H25FN2O3S/c1-17-9-14-23(18(2)15-17)27(31(29,30)22-7-5-4-6-8-22)16-24(28)26-19(3)20-10-12-21(25)13-11-20/h4-15,19H,16H2,1-3H3,(H,26,28)/t19-/m1/s1. The average Bonchev–Trinajstić information content (AvgIpc) is 2.73. The van der Waals surface area contributed by atoms with E-state index in [-0.39, 0.29) is 17.3 Å². The molecule has 3 rings (SSSR count). The van der Waals surface area contributed by atoms with Crippen LogP contribution in [0.25, 0.3) is 0 Å². The summed E-state index contributed by atoms with van der Waals surface area (Å²) in [6, 6.07) is 18.8. The van der Waals surface area contributed by atoms with Gasteiger partial charge < -0.3 is 5.32 Å². The first-order valence-electron chi connectivity index (χ1n) is 9.88. The average molecular weight is 441 g/mol. The minimum absolute atomic E-state index is 0.106. The highest BCUT2D eigenvalue weighted by atomic mass is 32.2. The van der Waals surface area contributed by atoms with Crippen molar-refractivity contribution in [2.24, 2.45) is 0 Å². The summed E-state index contributed by atoms with van der Waals surface area (Å²) in [5.74, 6) is -0.825. The topological polar surface area (TPSA) is 66.5 Å². The predicted molar refractivity (Wildman–Crippen MR) is 120 cm³/mol. The van der Waals surface area contributed by atoms with Crippen LogP contribution in [-0.2, 0) is 14.8 Å². The summed E-state index contributed by atoms with van der Waals surface area (Å²) < 4.78 is 41.1. The van der Waals surface area contributed by atoms with E-state index < -0.39 is 22.0 Å². The Labute approximate surface area is 182 Å². The van der Waals surface area contributed by atoms with Gasteiger partial charge >= 0.3 is 0 Å². The van der Waals surface area contributed by atoms with E-state index in [0.717, 1.165) is 21.0 Å². The largest absolute Gasteiger partial charge is 0.348 e. The van der Waals surface area contributed by atoms with E-state index >= 15 is 0 Å². The van der Waals surface area contributed by atoms with Crippen molar-refractivity contribution in [1.82, 2.24) is 5.32 Å². The van der Waals surface area contributed by atoms with E-state index in [1.807, 2.05) is 26.0 Å². The minimum Gasteiger partial charge on any atom is -0.348 e. The molecule has 1 N–H and O–H groups in total. The summed E-state index contributed by atoms with van der Waals surface area (Å²) in [4.78, 5) is 12.9. The molecule has 3 aromatic carbocycles. The van der Waals surface area contributed by atoms with Crippen molar-refractivity contribution in [3.05, 3.63) is 95.3 Å². The van der Waals surface area contributed by atoms with Crippen molar-refractivity contribution >= 4 is 21.6 Å². The Morgan fingerprint density at radius 3 is 2.26 bits per heavy atom. The van der Waals surface area contributed by atoms with Gasteiger partial charge in [0.2, 0.25) is 5.91 Å². The van der Waals surface area contributed by atoms with Gasteiger partial charge in [-0.1, -0.05) is 48.0 Å². The maximum Gasteiger partial charge on any atom is 0.264 e. The van der Waals surface area contributed by atoms with Crippen LogP contribution in [0.5, 0.6) is 0 Å². The lowest BCUT2D eigenvalue weighted by Crippen LogP contribution is -2.41. The van der Waals surface area contributed by atoms with Crippen LogP contribution < -0.4 is 9.62 Å².